The number of halogens is 1. The van der Waals surface area contributed by atoms with Crippen molar-refractivity contribution in [3.05, 3.63) is 59.9 Å². The van der Waals surface area contributed by atoms with E-state index < -0.39 is 0 Å². The Kier molecular flexibility index (Phi) is 4.70. The third-order valence-electron chi connectivity index (χ3n) is 2.48. The van der Waals surface area contributed by atoms with Gasteiger partial charge >= 0.3 is 0 Å². The van der Waals surface area contributed by atoms with E-state index in [2.05, 4.69) is 9.98 Å². The molecule has 0 spiro atoms. The number of pyridine rings is 1. The summed E-state index contributed by atoms with van der Waals surface area (Å²) in [6.07, 6.45) is 7.61. The van der Waals surface area contributed by atoms with Crippen LogP contribution in [0.5, 0.6) is 0 Å². The van der Waals surface area contributed by atoms with E-state index in [0.29, 0.717) is 5.84 Å². The van der Waals surface area contributed by atoms with E-state index >= 15 is 0 Å². The number of rotatable bonds is 4. The van der Waals surface area contributed by atoms with Gasteiger partial charge in [-0.2, -0.15) is 0 Å². The standard InChI is InChI=1S/C15H14ClN3/c16-11-15(17)19-14-5-3-12(4-6-14)1-2-13-7-9-18-10-8-13/h1-10H,11H2,(H2,17,19). The fourth-order valence-corrected chi connectivity index (χ4v) is 1.58. The highest BCUT2D eigenvalue weighted by atomic mass is 35.5. The fourth-order valence-electron chi connectivity index (χ4n) is 1.52. The van der Waals surface area contributed by atoms with Crippen molar-refractivity contribution in [2.75, 3.05) is 5.88 Å². The van der Waals surface area contributed by atoms with Crippen molar-refractivity contribution in [1.29, 1.82) is 0 Å². The van der Waals surface area contributed by atoms with Crippen LogP contribution in [0.1, 0.15) is 11.1 Å². The van der Waals surface area contributed by atoms with Gasteiger partial charge in [-0.1, -0.05) is 24.3 Å². The molecular weight excluding hydrogens is 258 g/mol. The molecule has 1 heterocycles. The van der Waals surface area contributed by atoms with Crippen molar-refractivity contribution in [1.82, 2.24) is 4.98 Å². The van der Waals surface area contributed by atoms with Crippen molar-refractivity contribution in [2.24, 2.45) is 10.7 Å². The molecule has 0 saturated heterocycles. The lowest BCUT2D eigenvalue weighted by Gasteiger charge is -1.98. The summed E-state index contributed by atoms with van der Waals surface area (Å²) in [5.74, 6) is 0.658. The molecule has 0 fully saturated rings. The van der Waals surface area contributed by atoms with Gasteiger partial charge in [0.25, 0.3) is 0 Å². The van der Waals surface area contributed by atoms with E-state index in [9.17, 15) is 0 Å². The molecule has 0 saturated carbocycles. The molecule has 0 amide bonds. The lowest BCUT2D eigenvalue weighted by Crippen LogP contribution is -2.12. The van der Waals surface area contributed by atoms with Crippen LogP contribution in [0.25, 0.3) is 12.2 Å². The minimum Gasteiger partial charge on any atom is -0.386 e. The Balaban J connectivity index is 2.09. The number of benzene rings is 1. The molecular formula is C15H14ClN3. The van der Waals surface area contributed by atoms with Crippen molar-refractivity contribution in [2.45, 2.75) is 0 Å². The average molecular weight is 272 g/mol. The normalized spacial score (nSPS) is 11.9. The van der Waals surface area contributed by atoms with Gasteiger partial charge in [-0.05, 0) is 35.4 Å². The van der Waals surface area contributed by atoms with Crippen LogP contribution in [0, 0.1) is 0 Å². The molecule has 2 N–H and O–H groups in total. The molecule has 4 heteroatoms. The number of amidine groups is 1. The molecule has 0 radical (unpaired) electrons. The van der Waals surface area contributed by atoms with Crippen LogP contribution >= 0.6 is 11.6 Å². The van der Waals surface area contributed by atoms with E-state index in [1.807, 2.05) is 48.6 Å². The van der Waals surface area contributed by atoms with E-state index in [1.165, 1.54) is 0 Å². The predicted molar refractivity (Wildman–Crippen MR) is 81.6 cm³/mol. The van der Waals surface area contributed by atoms with Gasteiger partial charge in [-0.15, -0.1) is 11.6 Å². The zero-order chi connectivity index (χ0) is 13.5. The van der Waals surface area contributed by atoms with Crippen LogP contribution in [-0.2, 0) is 0 Å². The zero-order valence-corrected chi connectivity index (χ0v) is 11.1. The molecule has 0 aliphatic carbocycles. The van der Waals surface area contributed by atoms with E-state index in [-0.39, 0.29) is 5.88 Å². The van der Waals surface area contributed by atoms with Gasteiger partial charge in [-0.25, -0.2) is 4.99 Å². The Morgan fingerprint density at radius 2 is 1.63 bits per heavy atom. The van der Waals surface area contributed by atoms with Gasteiger partial charge in [0.1, 0.15) is 5.84 Å². The minimum atomic E-state index is 0.240. The Labute approximate surface area is 117 Å². The van der Waals surface area contributed by atoms with Crippen molar-refractivity contribution < 1.29 is 0 Å². The number of aromatic nitrogens is 1. The maximum atomic E-state index is 5.58. The minimum absolute atomic E-state index is 0.240. The van der Waals surface area contributed by atoms with E-state index in [1.54, 1.807) is 12.4 Å². The van der Waals surface area contributed by atoms with Crippen molar-refractivity contribution >= 4 is 35.3 Å². The summed E-state index contributed by atoms with van der Waals surface area (Å²) in [6.45, 7) is 0. The van der Waals surface area contributed by atoms with Gasteiger partial charge in [0.15, 0.2) is 0 Å². The maximum Gasteiger partial charge on any atom is 0.115 e. The van der Waals surface area contributed by atoms with Gasteiger partial charge in [0.2, 0.25) is 0 Å². The molecule has 2 aromatic rings. The third kappa shape index (κ3) is 4.23. The first-order valence-corrected chi connectivity index (χ1v) is 6.38. The molecule has 96 valence electrons. The SMILES string of the molecule is NC(CCl)=Nc1ccc(C=Cc2ccncc2)cc1. The summed E-state index contributed by atoms with van der Waals surface area (Å²) in [4.78, 5) is 8.14. The fraction of sp³-hybridized carbons (Fsp3) is 0.0667. The van der Waals surface area contributed by atoms with Crippen LogP contribution in [-0.4, -0.2) is 16.7 Å². The van der Waals surface area contributed by atoms with Crippen LogP contribution < -0.4 is 5.73 Å². The second kappa shape index (κ2) is 6.71. The first-order valence-electron chi connectivity index (χ1n) is 5.85. The van der Waals surface area contributed by atoms with Crippen LogP contribution in [0.2, 0.25) is 0 Å². The highest BCUT2D eigenvalue weighted by Gasteiger charge is 1.93. The summed E-state index contributed by atoms with van der Waals surface area (Å²) < 4.78 is 0. The molecule has 0 bridgehead atoms. The Morgan fingerprint density at radius 1 is 1.05 bits per heavy atom. The molecule has 0 aliphatic rings. The number of aliphatic imine (C=N–C) groups is 1. The predicted octanol–water partition coefficient (Wildman–Crippen LogP) is 3.48. The maximum absolute atomic E-state index is 5.58. The smallest absolute Gasteiger partial charge is 0.115 e. The van der Waals surface area contributed by atoms with E-state index in [0.717, 1.165) is 16.8 Å². The molecule has 0 unspecified atom stereocenters. The summed E-state index contributed by atoms with van der Waals surface area (Å²) in [5, 5.41) is 0. The summed E-state index contributed by atoms with van der Waals surface area (Å²) in [5.41, 5.74) is 8.59. The Hall–Kier alpha value is -2.13. The molecule has 1 aromatic carbocycles. The van der Waals surface area contributed by atoms with Crippen LogP contribution in [0.4, 0.5) is 5.69 Å². The number of nitrogens with zero attached hydrogens (tertiary/aromatic N) is 2. The summed E-state index contributed by atoms with van der Waals surface area (Å²) >= 11 is 5.58. The monoisotopic (exact) mass is 271 g/mol. The Bertz CT molecular complexity index is 574. The second-order valence-corrected chi connectivity index (χ2v) is 4.21. The topological polar surface area (TPSA) is 51.3 Å². The lowest BCUT2D eigenvalue weighted by molar-refractivity contribution is 1.32. The Morgan fingerprint density at radius 3 is 2.21 bits per heavy atom. The first kappa shape index (κ1) is 13.3. The number of hydrogen-bond donors (Lipinski definition) is 1. The van der Waals surface area contributed by atoms with Crippen molar-refractivity contribution in [3.8, 4) is 0 Å². The van der Waals surface area contributed by atoms with Gasteiger partial charge in [0.05, 0.1) is 11.6 Å². The molecule has 2 rings (SSSR count). The van der Waals surface area contributed by atoms with Gasteiger partial charge < -0.3 is 5.73 Å². The average Bonchev–Trinajstić information content (AvgIpc) is 2.47. The van der Waals surface area contributed by atoms with Crippen molar-refractivity contribution in [3.63, 3.8) is 0 Å². The highest BCUT2D eigenvalue weighted by Crippen LogP contribution is 2.15. The number of alkyl halides is 1. The summed E-state index contributed by atoms with van der Waals surface area (Å²) in [6, 6.07) is 11.7. The van der Waals surface area contributed by atoms with E-state index in [4.69, 9.17) is 17.3 Å². The number of nitrogens with two attached hydrogens (primary N) is 1. The molecule has 19 heavy (non-hydrogen) atoms. The largest absolute Gasteiger partial charge is 0.386 e. The van der Waals surface area contributed by atoms with Crippen LogP contribution in [0.3, 0.4) is 0 Å². The summed E-state index contributed by atoms with van der Waals surface area (Å²) in [7, 11) is 0. The third-order valence-corrected chi connectivity index (χ3v) is 2.75. The molecule has 0 aliphatic heterocycles. The molecule has 1 aromatic heterocycles. The van der Waals surface area contributed by atoms with Crippen LogP contribution in [0.15, 0.2) is 53.8 Å². The lowest BCUT2D eigenvalue weighted by atomic mass is 10.1. The zero-order valence-electron chi connectivity index (χ0n) is 10.3. The second-order valence-electron chi connectivity index (χ2n) is 3.94. The van der Waals surface area contributed by atoms with Gasteiger partial charge in [-0.3, -0.25) is 4.98 Å². The van der Waals surface area contributed by atoms with Gasteiger partial charge in [0, 0.05) is 12.4 Å². The quantitative estimate of drug-likeness (QED) is 0.526. The highest BCUT2D eigenvalue weighted by molar-refractivity contribution is 6.28. The molecule has 0 atom stereocenters. The number of hydrogen-bond acceptors (Lipinski definition) is 2. The first-order chi connectivity index (χ1) is 9.28. The molecule has 3 nitrogen and oxygen atoms in total.